The van der Waals surface area contributed by atoms with E-state index in [1.165, 1.54) is 24.0 Å². The molecule has 2 atom stereocenters. The van der Waals surface area contributed by atoms with Crippen molar-refractivity contribution in [2.24, 2.45) is 11.7 Å². The molecule has 1 aliphatic rings. The van der Waals surface area contributed by atoms with Crippen LogP contribution in [0.3, 0.4) is 0 Å². The van der Waals surface area contributed by atoms with E-state index < -0.39 is 0 Å². The lowest BCUT2D eigenvalue weighted by Crippen LogP contribution is -2.43. The van der Waals surface area contributed by atoms with E-state index in [4.69, 9.17) is 5.73 Å². The van der Waals surface area contributed by atoms with Gasteiger partial charge in [-0.2, -0.15) is 0 Å². The van der Waals surface area contributed by atoms with E-state index in [-0.39, 0.29) is 6.04 Å². The van der Waals surface area contributed by atoms with Crippen LogP contribution in [-0.2, 0) is 0 Å². The summed E-state index contributed by atoms with van der Waals surface area (Å²) < 4.78 is 0. The van der Waals surface area contributed by atoms with Gasteiger partial charge in [0.15, 0.2) is 0 Å². The maximum atomic E-state index is 6.50. The lowest BCUT2D eigenvalue weighted by atomic mass is 9.94. The van der Waals surface area contributed by atoms with Gasteiger partial charge in [-0.25, -0.2) is 0 Å². The van der Waals surface area contributed by atoms with E-state index in [1.54, 1.807) is 0 Å². The van der Waals surface area contributed by atoms with Crippen molar-refractivity contribution in [3.05, 3.63) is 35.4 Å². The third-order valence-electron chi connectivity index (χ3n) is 4.21. The van der Waals surface area contributed by atoms with Crippen LogP contribution in [0.25, 0.3) is 0 Å². The predicted octanol–water partition coefficient (Wildman–Crippen LogP) is 3.89. The van der Waals surface area contributed by atoms with Gasteiger partial charge in [0.05, 0.1) is 6.04 Å². The molecule has 0 heterocycles. The monoisotopic (exact) mass is 274 g/mol. The van der Waals surface area contributed by atoms with Crippen molar-refractivity contribution in [1.29, 1.82) is 0 Å². The molecule has 1 saturated carbocycles. The van der Waals surface area contributed by atoms with E-state index in [0.29, 0.717) is 12.0 Å². The number of hydrogen-bond donors (Lipinski definition) is 1. The van der Waals surface area contributed by atoms with Crippen molar-refractivity contribution in [3.63, 3.8) is 0 Å². The lowest BCUT2D eigenvalue weighted by molar-refractivity contribution is 0.141. The van der Waals surface area contributed by atoms with Gasteiger partial charge in [0.2, 0.25) is 0 Å². The molecule has 2 N–H and O–H groups in total. The minimum atomic E-state index is 0.219. The highest BCUT2D eigenvalue weighted by atomic mass is 15.2. The van der Waals surface area contributed by atoms with Gasteiger partial charge in [-0.05, 0) is 37.7 Å². The molecule has 1 aliphatic carbocycles. The van der Waals surface area contributed by atoms with Crippen LogP contribution in [0.4, 0.5) is 0 Å². The zero-order valence-electron chi connectivity index (χ0n) is 13.5. The molecule has 112 valence electrons. The van der Waals surface area contributed by atoms with Gasteiger partial charge in [-0.1, -0.05) is 50.6 Å². The number of nitrogens with zero attached hydrogens (tertiary/aromatic N) is 1. The summed E-state index contributed by atoms with van der Waals surface area (Å²) >= 11 is 0. The highest BCUT2D eigenvalue weighted by Gasteiger charge is 2.37. The lowest BCUT2D eigenvalue weighted by Gasteiger charge is -2.37. The Bertz CT molecular complexity index is 423. The average Bonchev–Trinajstić information content (AvgIpc) is 3.21. The average molecular weight is 274 g/mol. The highest BCUT2D eigenvalue weighted by molar-refractivity contribution is 5.27. The Hall–Kier alpha value is -0.860. The van der Waals surface area contributed by atoms with Gasteiger partial charge in [0.25, 0.3) is 0 Å². The third kappa shape index (κ3) is 3.83. The van der Waals surface area contributed by atoms with Gasteiger partial charge in [-0.3, -0.25) is 4.90 Å². The van der Waals surface area contributed by atoms with Crippen LogP contribution in [0.5, 0.6) is 0 Å². The standard InChI is InChI=1S/C18H30N2/c1-5-17(19)18(15-8-6-7-14(4)11-15)20(12-13(2)3)16-9-10-16/h6-8,11,13,16-18H,5,9-10,12,19H2,1-4H3. The summed E-state index contributed by atoms with van der Waals surface area (Å²) in [5.41, 5.74) is 9.22. The molecule has 1 fully saturated rings. The molecular weight excluding hydrogens is 244 g/mol. The minimum Gasteiger partial charge on any atom is -0.326 e. The Balaban J connectivity index is 2.29. The summed E-state index contributed by atoms with van der Waals surface area (Å²) in [5.74, 6) is 0.687. The fraction of sp³-hybridized carbons (Fsp3) is 0.667. The van der Waals surface area contributed by atoms with E-state index >= 15 is 0 Å². The second kappa shape index (κ2) is 6.73. The van der Waals surface area contributed by atoms with Crippen LogP contribution in [0.15, 0.2) is 24.3 Å². The Morgan fingerprint density at radius 2 is 2.00 bits per heavy atom. The number of nitrogens with two attached hydrogens (primary N) is 1. The second-order valence-electron chi connectivity index (χ2n) is 6.75. The maximum Gasteiger partial charge on any atom is 0.0502 e. The SMILES string of the molecule is CCC(N)C(c1cccc(C)c1)N(CC(C)C)C1CC1. The van der Waals surface area contributed by atoms with Crippen LogP contribution in [0.1, 0.15) is 57.2 Å². The molecule has 1 aromatic carbocycles. The first-order valence-corrected chi connectivity index (χ1v) is 8.10. The molecule has 1 aromatic rings. The van der Waals surface area contributed by atoms with Gasteiger partial charge in [0, 0.05) is 18.6 Å². The number of aryl methyl sites for hydroxylation is 1. The van der Waals surface area contributed by atoms with Gasteiger partial charge >= 0.3 is 0 Å². The molecule has 0 amide bonds. The summed E-state index contributed by atoms with van der Waals surface area (Å²) in [6.07, 6.45) is 3.71. The van der Waals surface area contributed by atoms with E-state index in [0.717, 1.165) is 19.0 Å². The van der Waals surface area contributed by atoms with Crippen LogP contribution in [0, 0.1) is 12.8 Å². The molecule has 2 heteroatoms. The van der Waals surface area contributed by atoms with Crippen molar-refractivity contribution in [3.8, 4) is 0 Å². The molecule has 0 aromatic heterocycles. The zero-order chi connectivity index (χ0) is 14.7. The summed E-state index contributed by atoms with van der Waals surface area (Å²) in [4.78, 5) is 2.67. The largest absolute Gasteiger partial charge is 0.326 e. The van der Waals surface area contributed by atoms with Crippen molar-refractivity contribution in [2.45, 2.75) is 65.1 Å². The fourth-order valence-electron chi connectivity index (χ4n) is 3.08. The predicted molar refractivity (Wildman–Crippen MR) is 86.8 cm³/mol. The van der Waals surface area contributed by atoms with Crippen molar-refractivity contribution < 1.29 is 0 Å². The third-order valence-corrected chi connectivity index (χ3v) is 4.21. The highest BCUT2D eigenvalue weighted by Crippen LogP contribution is 2.37. The first kappa shape index (κ1) is 15.5. The van der Waals surface area contributed by atoms with Gasteiger partial charge < -0.3 is 5.73 Å². The van der Waals surface area contributed by atoms with Crippen LogP contribution < -0.4 is 5.73 Å². The molecule has 0 radical (unpaired) electrons. The molecule has 0 saturated heterocycles. The Labute approximate surface area is 124 Å². The number of benzene rings is 1. The van der Waals surface area contributed by atoms with Crippen LogP contribution in [-0.4, -0.2) is 23.5 Å². The molecule has 0 aliphatic heterocycles. The van der Waals surface area contributed by atoms with Crippen LogP contribution >= 0.6 is 0 Å². The Morgan fingerprint density at radius 1 is 1.30 bits per heavy atom. The van der Waals surface area contributed by atoms with E-state index in [9.17, 15) is 0 Å². The fourth-order valence-corrected chi connectivity index (χ4v) is 3.08. The Kier molecular flexibility index (Phi) is 5.22. The zero-order valence-corrected chi connectivity index (χ0v) is 13.5. The van der Waals surface area contributed by atoms with Gasteiger partial charge in [-0.15, -0.1) is 0 Å². The van der Waals surface area contributed by atoms with Crippen molar-refractivity contribution in [2.75, 3.05) is 6.54 Å². The van der Waals surface area contributed by atoms with Crippen molar-refractivity contribution >= 4 is 0 Å². The molecule has 2 rings (SSSR count). The van der Waals surface area contributed by atoms with Gasteiger partial charge in [0.1, 0.15) is 0 Å². The van der Waals surface area contributed by atoms with Crippen LogP contribution in [0.2, 0.25) is 0 Å². The first-order chi connectivity index (χ1) is 9.52. The summed E-state index contributed by atoms with van der Waals surface area (Å²) in [6.45, 7) is 10.1. The Morgan fingerprint density at radius 3 is 2.50 bits per heavy atom. The molecule has 0 bridgehead atoms. The molecule has 2 nitrogen and oxygen atoms in total. The molecule has 0 spiro atoms. The summed E-state index contributed by atoms with van der Waals surface area (Å²) in [6, 6.07) is 10.2. The summed E-state index contributed by atoms with van der Waals surface area (Å²) in [5, 5.41) is 0. The van der Waals surface area contributed by atoms with E-state index in [1.807, 2.05) is 0 Å². The smallest absolute Gasteiger partial charge is 0.0502 e. The number of hydrogen-bond acceptors (Lipinski definition) is 2. The number of rotatable bonds is 7. The normalized spacial score (nSPS) is 18.6. The van der Waals surface area contributed by atoms with Crippen molar-refractivity contribution in [1.82, 2.24) is 4.90 Å². The summed E-state index contributed by atoms with van der Waals surface area (Å²) in [7, 11) is 0. The minimum absolute atomic E-state index is 0.219. The first-order valence-electron chi connectivity index (χ1n) is 8.10. The molecule has 2 unspecified atom stereocenters. The molecular formula is C18H30N2. The topological polar surface area (TPSA) is 29.3 Å². The quantitative estimate of drug-likeness (QED) is 0.817. The maximum absolute atomic E-state index is 6.50. The molecule has 20 heavy (non-hydrogen) atoms. The van der Waals surface area contributed by atoms with E-state index in [2.05, 4.69) is 56.9 Å². The second-order valence-corrected chi connectivity index (χ2v) is 6.75.